The second-order valence-electron chi connectivity index (χ2n) is 9.31. The maximum atomic E-state index is 14.2. The Morgan fingerprint density at radius 2 is 1.40 bits per heavy atom. The van der Waals surface area contributed by atoms with Crippen LogP contribution in [0.3, 0.4) is 0 Å². The predicted molar refractivity (Wildman–Crippen MR) is 120 cm³/mol. The summed E-state index contributed by atoms with van der Waals surface area (Å²) >= 11 is 0. The van der Waals surface area contributed by atoms with Gasteiger partial charge in [-0.1, -0.05) is 50.1 Å². The van der Waals surface area contributed by atoms with Gasteiger partial charge in [-0.05, 0) is 96.9 Å². The number of halogens is 1. The van der Waals surface area contributed by atoms with E-state index in [-0.39, 0.29) is 11.4 Å². The Morgan fingerprint density at radius 1 is 0.800 bits per heavy atom. The summed E-state index contributed by atoms with van der Waals surface area (Å²) in [5.74, 6) is 7.92. The molecule has 2 aliphatic rings. The third-order valence-corrected chi connectivity index (χ3v) is 7.44. The van der Waals surface area contributed by atoms with Gasteiger partial charge in [-0.25, -0.2) is 4.39 Å². The van der Waals surface area contributed by atoms with Gasteiger partial charge in [0.2, 0.25) is 0 Å². The number of nitriles is 1. The molecule has 0 N–H and O–H groups in total. The zero-order valence-electron chi connectivity index (χ0n) is 17.8. The lowest BCUT2D eigenvalue weighted by atomic mass is 9.68. The van der Waals surface area contributed by atoms with Crippen LogP contribution in [0.4, 0.5) is 4.39 Å². The highest BCUT2D eigenvalue weighted by molar-refractivity contribution is 5.65. The van der Waals surface area contributed by atoms with Gasteiger partial charge in [0, 0.05) is 5.92 Å². The third kappa shape index (κ3) is 4.76. The molecular weight excluding hydrogens is 369 g/mol. The SMILES string of the molecule is CC1CCC(C2CCC(c3ccc(-c4ccc(C#CC#N)c(F)c4)cc3)CC2)CC1. The van der Waals surface area contributed by atoms with Crippen LogP contribution >= 0.6 is 0 Å². The molecule has 4 rings (SSSR count). The van der Waals surface area contributed by atoms with Crippen molar-refractivity contribution in [2.24, 2.45) is 17.8 Å². The molecule has 0 radical (unpaired) electrons. The molecule has 0 aliphatic heterocycles. The molecule has 30 heavy (non-hydrogen) atoms. The maximum absolute atomic E-state index is 14.2. The van der Waals surface area contributed by atoms with Crippen molar-refractivity contribution < 1.29 is 4.39 Å². The van der Waals surface area contributed by atoms with Crippen LogP contribution < -0.4 is 0 Å². The van der Waals surface area contributed by atoms with Crippen molar-refractivity contribution in [2.75, 3.05) is 0 Å². The number of hydrogen-bond acceptors (Lipinski definition) is 1. The fourth-order valence-electron chi connectivity index (χ4n) is 5.52. The second-order valence-corrected chi connectivity index (χ2v) is 9.31. The molecule has 2 heteroatoms. The highest BCUT2D eigenvalue weighted by Gasteiger charge is 2.30. The Kier molecular flexibility index (Phi) is 6.54. The van der Waals surface area contributed by atoms with Crippen LogP contribution in [0.15, 0.2) is 42.5 Å². The Balaban J connectivity index is 1.37. The molecule has 0 aromatic heterocycles. The zero-order chi connectivity index (χ0) is 20.9. The Bertz CT molecular complexity index is 956. The van der Waals surface area contributed by atoms with Gasteiger partial charge in [0.1, 0.15) is 5.82 Å². The van der Waals surface area contributed by atoms with Crippen LogP contribution in [0.5, 0.6) is 0 Å². The Hall–Kier alpha value is -2.58. The topological polar surface area (TPSA) is 23.8 Å². The van der Waals surface area contributed by atoms with E-state index in [2.05, 4.69) is 43.0 Å². The van der Waals surface area contributed by atoms with Gasteiger partial charge < -0.3 is 0 Å². The molecule has 0 bridgehead atoms. The normalized spacial score (nSPS) is 26.3. The van der Waals surface area contributed by atoms with Crippen LogP contribution in [-0.4, -0.2) is 0 Å². The van der Waals surface area contributed by atoms with Gasteiger partial charge in [-0.15, -0.1) is 0 Å². The van der Waals surface area contributed by atoms with Gasteiger partial charge in [-0.2, -0.15) is 5.26 Å². The van der Waals surface area contributed by atoms with Crippen molar-refractivity contribution in [3.05, 3.63) is 59.4 Å². The summed E-state index contributed by atoms with van der Waals surface area (Å²) in [6.07, 6.45) is 11.1. The monoisotopic (exact) mass is 399 g/mol. The molecule has 2 fully saturated rings. The number of nitrogens with zero attached hydrogens (tertiary/aromatic N) is 1. The summed E-state index contributed by atoms with van der Waals surface area (Å²) < 4.78 is 14.2. The van der Waals surface area contributed by atoms with E-state index >= 15 is 0 Å². The molecule has 154 valence electrons. The lowest BCUT2D eigenvalue weighted by molar-refractivity contribution is 0.165. The van der Waals surface area contributed by atoms with Crippen molar-refractivity contribution in [3.63, 3.8) is 0 Å². The molecule has 0 atom stereocenters. The van der Waals surface area contributed by atoms with Crippen molar-refractivity contribution in [3.8, 4) is 29.0 Å². The van der Waals surface area contributed by atoms with Gasteiger partial charge in [-0.3, -0.25) is 0 Å². The molecule has 0 amide bonds. The maximum Gasteiger partial charge on any atom is 0.152 e. The first-order valence-corrected chi connectivity index (χ1v) is 11.4. The minimum atomic E-state index is -0.380. The molecule has 0 saturated heterocycles. The average molecular weight is 400 g/mol. The molecule has 0 unspecified atom stereocenters. The largest absolute Gasteiger partial charge is 0.206 e. The molecule has 0 spiro atoms. The van der Waals surface area contributed by atoms with Gasteiger partial charge >= 0.3 is 0 Å². The fourth-order valence-corrected chi connectivity index (χ4v) is 5.52. The van der Waals surface area contributed by atoms with Crippen molar-refractivity contribution in [1.29, 1.82) is 5.26 Å². The highest BCUT2D eigenvalue weighted by Crippen LogP contribution is 2.44. The smallest absolute Gasteiger partial charge is 0.152 e. The predicted octanol–water partition coefficient (Wildman–Crippen LogP) is 7.47. The summed E-state index contributed by atoms with van der Waals surface area (Å²) in [5, 5.41) is 8.53. The van der Waals surface area contributed by atoms with Crippen LogP contribution in [0.1, 0.15) is 75.3 Å². The summed E-state index contributed by atoms with van der Waals surface area (Å²) in [6, 6.07) is 15.4. The van der Waals surface area contributed by atoms with Gasteiger partial charge in [0.15, 0.2) is 6.07 Å². The van der Waals surface area contributed by atoms with E-state index in [4.69, 9.17) is 5.26 Å². The van der Waals surface area contributed by atoms with Crippen LogP contribution in [0.2, 0.25) is 0 Å². The molecule has 2 aromatic rings. The molecule has 0 heterocycles. The summed E-state index contributed by atoms with van der Waals surface area (Å²) in [5.41, 5.74) is 3.55. The summed E-state index contributed by atoms with van der Waals surface area (Å²) in [4.78, 5) is 0. The molecule has 2 saturated carbocycles. The molecular formula is C28H30FN. The molecule has 2 aliphatic carbocycles. The van der Waals surface area contributed by atoms with Crippen LogP contribution in [-0.2, 0) is 0 Å². The van der Waals surface area contributed by atoms with Crippen molar-refractivity contribution in [1.82, 2.24) is 0 Å². The first-order chi connectivity index (χ1) is 14.6. The van der Waals surface area contributed by atoms with Crippen LogP contribution in [0, 0.1) is 46.7 Å². The van der Waals surface area contributed by atoms with Crippen molar-refractivity contribution >= 4 is 0 Å². The zero-order valence-corrected chi connectivity index (χ0v) is 17.8. The minimum absolute atomic E-state index is 0.265. The van der Waals surface area contributed by atoms with E-state index in [9.17, 15) is 4.39 Å². The Labute approximate surface area is 180 Å². The molecule has 1 nitrogen and oxygen atoms in total. The lowest BCUT2D eigenvalue weighted by Gasteiger charge is -2.37. The van der Waals surface area contributed by atoms with Gasteiger partial charge in [0.05, 0.1) is 5.56 Å². The quantitative estimate of drug-likeness (QED) is 0.491. The standard InChI is InChI=1S/C28H30FN/c1-20-4-6-21(7-5-20)22-8-10-23(11-9-22)24-12-14-25(15-13-24)27-17-16-26(3-2-18-30)28(29)19-27/h12-17,19-23H,4-11H2,1H3. The highest BCUT2D eigenvalue weighted by atomic mass is 19.1. The van der Waals surface area contributed by atoms with E-state index in [0.29, 0.717) is 5.92 Å². The molecule has 2 aromatic carbocycles. The number of rotatable bonds is 3. The van der Waals surface area contributed by atoms with Crippen LogP contribution in [0.25, 0.3) is 11.1 Å². The Morgan fingerprint density at radius 3 is 2.00 bits per heavy atom. The number of benzene rings is 2. The van der Waals surface area contributed by atoms with E-state index in [1.807, 2.05) is 6.07 Å². The third-order valence-electron chi connectivity index (χ3n) is 7.44. The lowest BCUT2D eigenvalue weighted by Crippen LogP contribution is -2.24. The van der Waals surface area contributed by atoms with Gasteiger partial charge in [0.25, 0.3) is 0 Å². The van der Waals surface area contributed by atoms with E-state index < -0.39 is 0 Å². The number of hydrogen-bond donors (Lipinski definition) is 0. The first-order valence-electron chi connectivity index (χ1n) is 11.4. The minimum Gasteiger partial charge on any atom is -0.206 e. The first kappa shape index (κ1) is 20.7. The van der Waals surface area contributed by atoms with E-state index in [1.54, 1.807) is 12.1 Å². The average Bonchev–Trinajstić information content (AvgIpc) is 2.79. The summed E-state index contributed by atoms with van der Waals surface area (Å²) in [7, 11) is 0. The second kappa shape index (κ2) is 9.49. The van der Waals surface area contributed by atoms with E-state index in [0.717, 1.165) is 28.9 Å². The fraction of sp³-hybridized carbons (Fsp3) is 0.464. The van der Waals surface area contributed by atoms with E-state index in [1.165, 1.54) is 63.0 Å². The summed E-state index contributed by atoms with van der Waals surface area (Å²) in [6.45, 7) is 2.41. The van der Waals surface area contributed by atoms with Crippen molar-refractivity contribution in [2.45, 2.75) is 64.2 Å².